The van der Waals surface area contributed by atoms with Gasteiger partial charge in [-0.3, -0.25) is 4.98 Å². The number of nitrogens with zero attached hydrogens (tertiary/aromatic N) is 2. The van der Waals surface area contributed by atoms with Gasteiger partial charge in [-0.1, -0.05) is 71.9 Å². The Morgan fingerprint density at radius 2 is 1.39 bits per heavy atom. The molecule has 0 aliphatic carbocycles. The zero-order valence-electron chi connectivity index (χ0n) is 21.8. The van der Waals surface area contributed by atoms with Gasteiger partial charge >= 0.3 is 0 Å². The molecule has 1 N–H and O–H groups in total. The Bertz CT molecular complexity index is 1570. The van der Waals surface area contributed by atoms with Crippen LogP contribution in [0.25, 0.3) is 44.9 Å². The summed E-state index contributed by atoms with van der Waals surface area (Å²) in [6, 6.07) is 24.0. The fraction of sp³-hybridized carbons (Fsp3) is 0.250. The van der Waals surface area contributed by atoms with Gasteiger partial charge in [0.05, 0.1) is 11.3 Å². The van der Waals surface area contributed by atoms with E-state index in [2.05, 4.69) is 77.9 Å². The number of hydrogen-bond acceptors (Lipinski definition) is 4. The maximum Gasteiger partial charge on any atom is 0.231 e. The van der Waals surface area contributed by atoms with Crippen LogP contribution in [-0.4, -0.2) is 15.1 Å². The maximum absolute atomic E-state index is 10.3. The molecule has 182 valence electrons. The highest BCUT2D eigenvalue weighted by Crippen LogP contribution is 2.38. The van der Waals surface area contributed by atoms with E-state index in [-0.39, 0.29) is 16.6 Å². The Balaban J connectivity index is 1.71. The van der Waals surface area contributed by atoms with Crippen LogP contribution in [0.1, 0.15) is 52.7 Å². The number of aromatic hydroxyl groups is 1. The van der Waals surface area contributed by atoms with Gasteiger partial charge in [-0.2, -0.15) is 0 Å². The smallest absolute Gasteiger partial charge is 0.231 e. The monoisotopic (exact) mass is 476 g/mol. The topological polar surface area (TPSA) is 59.2 Å². The lowest BCUT2D eigenvalue weighted by Crippen LogP contribution is -2.12. The second-order valence-corrected chi connectivity index (χ2v) is 11.4. The van der Waals surface area contributed by atoms with Crippen LogP contribution in [0.3, 0.4) is 0 Å². The molecular weight excluding hydrogens is 444 g/mol. The predicted molar refractivity (Wildman–Crippen MR) is 147 cm³/mol. The van der Waals surface area contributed by atoms with Crippen LogP contribution < -0.4 is 0 Å². The number of fused-ring (bicyclic) bond motifs is 1. The largest absolute Gasteiger partial charge is 0.507 e. The summed E-state index contributed by atoms with van der Waals surface area (Å²) in [7, 11) is 0. The van der Waals surface area contributed by atoms with Gasteiger partial charge in [0.25, 0.3) is 0 Å². The Morgan fingerprint density at radius 1 is 0.694 bits per heavy atom. The first kappa shape index (κ1) is 23.8. The molecule has 0 fully saturated rings. The van der Waals surface area contributed by atoms with Gasteiger partial charge in [-0.05, 0) is 70.0 Å². The van der Waals surface area contributed by atoms with Crippen molar-refractivity contribution in [1.29, 1.82) is 0 Å². The van der Waals surface area contributed by atoms with Crippen molar-refractivity contribution in [2.75, 3.05) is 0 Å². The predicted octanol–water partition coefficient (Wildman–Crippen LogP) is 8.52. The van der Waals surface area contributed by atoms with E-state index in [1.54, 1.807) is 12.1 Å². The first-order valence-corrected chi connectivity index (χ1v) is 12.3. The molecule has 0 aliphatic rings. The Labute approximate surface area is 212 Å². The minimum atomic E-state index is -0.0505. The summed E-state index contributed by atoms with van der Waals surface area (Å²) in [5, 5.41) is 10.3. The van der Waals surface area contributed by atoms with Crippen LogP contribution >= 0.6 is 0 Å². The second-order valence-electron chi connectivity index (χ2n) is 11.4. The van der Waals surface area contributed by atoms with Gasteiger partial charge in [0.2, 0.25) is 5.89 Å². The minimum Gasteiger partial charge on any atom is -0.507 e. The number of rotatable bonds is 3. The highest BCUT2D eigenvalue weighted by atomic mass is 16.3. The molecule has 0 bridgehead atoms. The molecule has 0 unspecified atom stereocenters. The zero-order chi connectivity index (χ0) is 25.7. The number of oxazole rings is 1. The number of phenolic OH excluding ortho intramolecular Hbond substituents is 1. The van der Waals surface area contributed by atoms with Crippen molar-refractivity contribution < 1.29 is 9.52 Å². The van der Waals surface area contributed by atoms with Crippen molar-refractivity contribution in [3.63, 3.8) is 0 Å². The maximum atomic E-state index is 10.3. The molecule has 0 saturated carbocycles. The molecule has 4 heteroatoms. The van der Waals surface area contributed by atoms with E-state index < -0.39 is 0 Å². The van der Waals surface area contributed by atoms with E-state index in [4.69, 9.17) is 14.4 Å². The number of para-hydroxylation sites is 2. The van der Waals surface area contributed by atoms with Crippen LogP contribution in [0.2, 0.25) is 0 Å². The average Bonchev–Trinajstić information content (AvgIpc) is 3.27. The van der Waals surface area contributed by atoms with Gasteiger partial charge in [0, 0.05) is 17.3 Å². The fourth-order valence-corrected chi connectivity index (χ4v) is 4.37. The van der Waals surface area contributed by atoms with Gasteiger partial charge in [0.1, 0.15) is 11.3 Å². The Hall–Kier alpha value is -3.92. The molecule has 0 saturated heterocycles. The molecule has 2 aromatic heterocycles. The third-order valence-electron chi connectivity index (χ3n) is 6.59. The van der Waals surface area contributed by atoms with Crippen molar-refractivity contribution in [3.05, 3.63) is 90.1 Å². The molecule has 0 aliphatic heterocycles. The number of hydrogen-bond donors (Lipinski definition) is 1. The van der Waals surface area contributed by atoms with Crippen LogP contribution in [-0.2, 0) is 10.8 Å². The first-order chi connectivity index (χ1) is 17.0. The SMILES string of the molecule is CC(C)(C)c1cc(-c2cc(C(C)(C)C)ccn2)cc(-c2cccc3oc(-c4ccccc4O)nc23)c1. The molecule has 0 atom stereocenters. The van der Waals surface area contributed by atoms with E-state index in [0.29, 0.717) is 17.0 Å². The third kappa shape index (κ3) is 4.51. The number of phenols is 1. The van der Waals surface area contributed by atoms with Gasteiger partial charge in [-0.15, -0.1) is 0 Å². The number of benzene rings is 3. The lowest BCUT2D eigenvalue weighted by molar-refractivity contribution is 0.474. The zero-order valence-corrected chi connectivity index (χ0v) is 21.8. The van der Waals surface area contributed by atoms with Crippen molar-refractivity contribution >= 4 is 11.1 Å². The molecule has 0 amide bonds. The van der Waals surface area contributed by atoms with Crippen molar-refractivity contribution in [3.8, 4) is 39.6 Å². The number of pyridine rings is 1. The molecule has 2 heterocycles. The summed E-state index contributed by atoms with van der Waals surface area (Å²) in [5.74, 6) is 0.551. The molecule has 0 spiro atoms. The van der Waals surface area contributed by atoms with Crippen molar-refractivity contribution in [2.24, 2.45) is 0 Å². The fourth-order valence-electron chi connectivity index (χ4n) is 4.37. The minimum absolute atomic E-state index is 0.0356. The average molecular weight is 477 g/mol. The van der Waals surface area contributed by atoms with E-state index in [0.717, 1.165) is 27.9 Å². The van der Waals surface area contributed by atoms with E-state index in [1.165, 1.54) is 11.1 Å². The summed E-state index contributed by atoms with van der Waals surface area (Å²) < 4.78 is 6.08. The molecule has 5 aromatic rings. The molecule has 36 heavy (non-hydrogen) atoms. The van der Waals surface area contributed by atoms with E-state index >= 15 is 0 Å². The Morgan fingerprint density at radius 3 is 2.11 bits per heavy atom. The molecular formula is C32H32N2O2. The standard InChI is InChI=1S/C32H32N2O2/c1-31(2,3)22-14-15-33-26(19-22)21-16-20(17-23(18-21)32(4,5)6)24-11-9-13-28-29(24)34-30(36-28)25-10-7-8-12-27(25)35/h7-19,35H,1-6H3. The molecule has 5 rings (SSSR count). The lowest BCUT2D eigenvalue weighted by atomic mass is 9.83. The van der Waals surface area contributed by atoms with Gasteiger partial charge in [0.15, 0.2) is 5.58 Å². The second kappa shape index (κ2) is 8.63. The van der Waals surface area contributed by atoms with Crippen LogP contribution in [0.15, 0.2) is 83.4 Å². The Kier molecular flexibility index (Phi) is 5.71. The van der Waals surface area contributed by atoms with E-state index in [9.17, 15) is 5.11 Å². The molecule has 4 nitrogen and oxygen atoms in total. The normalized spacial score (nSPS) is 12.3. The lowest BCUT2D eigenvalue weighted by Gasteiger charge is -2.22. The molecule has 3 aromatic carbocycles. The highest BCUT2D eigenvalue weighted by molar-refractivity contribution is 5.93. The third-order valence-corrected chi connectivity index (χ3v) is 6.59. The highest BCUT2D eigenvalue weighted by Gasteiger charge is 2.21. The first-order valence-electron chi connectivity index (χ1n) is 12.3. The van der Waals surface area contributed by atoms with Crippen molar-refractivity contribution in [1.82, 2.24) is 9.97 Å². The van der Waals surface area contributed by atoms with Gasteiger partial charge in [-0.25, -0.2) is 4.98 Å². The summed E-state index contributed by atoms with van der Waals surface area (Å²) >= 11 is 0. The molecule has 0 radical (unpaired) electrons. The summed E-state index contributed by atoms with van der Waals surface area (Å²) in [5.41, 5.74) is 8.55. The number of aromatic nitrogens is 2. The van der Waals surface area contributed by atoms with Crippen LogP contribution in [0, 0.1) is 0 Å². The summed E-state index contributed by atoms with van der Waals surface area (Å²) in [4.78, 5) is 9.55. The summed E-state index contributed by atoms with van der Waals surface area (Å²) in [6.45, 7) is 13.3. The van der Waals surface area contributed by atoms with Crippen LogP contribution in [0.5, 0.6) is 5.75 Å². The van der Waals surface area contributed by atoms with Gasteiger partial charge < -0.3 is 9.52 Å². The van der Waals surface area contributed by atoms with E-state index in [1.807, 2.05) is 30.5 Å². The van der Waals surface area contributed by atoms with Crippen molar-refractivity contribution in [2.45, 2.75) is 52.4 Å². The quantitative estimate of drug-likeness (QED) is 0.283. The summed E-state index contributed by atoms with van der Waals surface area (Å²) in [6.07, 6.45) is 1.90. The van der Waals surface area contributed by atoms with Crippen LogP contribution in [0.4, 0.5) is 0 Å².